The van der Waals surface area contributed by atoms with Crippen LogP contribution in [0.4, 0.5) is 0 Å². The molecule has 2 aromatic rings. The van der Waals surface area contributed by atoms with Gasteiger partial charge in [-0.2, -0.15) is 0 Å². The first-order valence-corrected chi connectivity index (χ1v) is 11.6. The van der Waals surface area contributed by atoms with Gasteiger partial charge >= 0.3 is 0 Å². The normalized spacial score (nSPS) is 18.2. The van der Waals surface area contributed by atoms with E-state index in [0.29, 0.717) is 30.3 Å². The minimum atomic E-state index is -0.313. The van der Waals surface area contributed by atoms with Crippen LogP contribution in [0.2, 0.25) is 0 Å². The lowest BCUT2D eigenvalue weighted by Crippen LogP contribution is -2.41. The Kier molecular flexibility index (Phi) is 6.01. The average Bonchev–Trinajstić information content (AvgIpc) is 3.62. The number of rotatable bonds is 7. The molecule has 0 unspecified atom stereocenters. The van der Waals surface area contributed by atoms with E-state index in [-0.39, 0.29) is 36.3 Å². The molecular formula is C24H29N3O5. The Bertz CT molecular complexity index is 976. The molecule has 32 heavy (non-hydrogen) atoms. The van der Waals surface area contributed by atoms with Gasteiger partial charge in [-0.05, 0) is 43.4 Å². The smallest absolute Gasteiger partial charge is 0.273 e. The molecule has 5 rings (SSSR count). The summed E-state index contributed by atoms with van der Waals surface area (Å²) < 4.78 is 16.1. The second-order valence-corrected chi connectivity index (χ2v) is 8.93. The van der Waals surface area contributed by atoms with E-state index >= 15 is 0 Å². The van der Waals surface area contributed by atoms with E-state index in [2.05, 4.69) is 10.5 Å². The Labute approximate surface area is 187 Å². The van der Waals surface area contributed by atoms with Gasteiger partial charge in [0.2, 0.25) is 12.7 Å². The summed E-state index contributed by atoms with van der Waals surface area (Å²) in [7, 11) is 0. The molecule has 2 amide bonds. The maximum Gasteiger partial charge on any atom is 0.273 e. The number of benzene rings is 1. The van der Waals surface area contributed by atoms with Crippen molar-refractivity contribution in [2.75, 3.05) is 6.79 Å². The predicted octanol–water partition coefficient (Wildman–Crippen LogP) is 3.79. The molecule has 1 aromatic heterocycles. The molecule has 1 N–H and O–H groups in total. The summed E-state index contributed by atoms with van der Waals surface area (Å²) in [6.07, 6.45) is 8.60. The number of nitrogens with one attached hydrogen (secondary N) is 1. The molecule has 0 spiro atoms. The fourth-order valence-electron chi connectivity index (χ4n) is 5.00. The Balaban J connectivity index is 1.21. The third kappa shape index (κ3) is 4.45. The monoisotopic (exact) mass is 439 g/mol. The van der Waals surface area contributed by atoms with E-state index in [9.17, 15) is 9.59 Å². The molecule has 8 heteroatoms. The van der Waals surface area contributed by atoms with E-state index in [0.717, 1.165) is 56.9 Å². The minimum absolute atomic E-state index is 0.128. The standard InChI is InChI=1S/C24H29N3O5/c28-23(25-13-16-9-10-21-22(11-16)31-15-30-21)20-12-19(32-26-20)14-27(18-7-3-4-8-18)24(29)17-5-1-2-6-17/h9-12,17-18H,1-8,13-15H2,(H,25,28). The van der Waals surface area contributed by atoms with Crippen molar-refractivity contribution < 1.29 is 23.6 Å². The van der Waals surface area contributed by atoms with Gasteiger partial charge in [0.25, 0.3) is 5.91 Å². The average molecular weight is 440 g/mol. The topological polar surface area (TPSA) is 93.9 Å². The highest BCUT2D eigenvalue weighted by Gasteiger charge is 2.33. The summed E-state index contributed by atoms with van der Waals surface area (Å²) in [6, 6.07) is 7.48. The molecule has 2 heterocycles. The number of hydrogen-bond acceptors (Lipinski definition) is 6. The molecule has 2 saturated carbocycles. The van der Waals surface area contributed by atoms with Crippen LogP contribution in [0.5, 0.6) is 11.5 Å². The Morgan fingerprint density at radius 3 is 2.56 bits per heavy atom. The fraction of sp³-hybridized carbons (Fsp3) is 0.542. The molecule has 2 fully saturated rings. The highest BCUT2D eigenvalue weighted by atomic mass is 16.7. The van der Waals surface area contributed by atoms with Crippen LogP contribution >= 0.6 is 0 Å². The SMILES string of the molecule is O=C(NCc1ccc2c(c1)OCO2)c1cc(CN(C(=O)C2CCCC2)C2CCCC2)on1. The third-order valence-electron chi connectivity index (χ3n) is 6.76. The van der Waals surface area contributed by atoms with Crippen molar-refractivity contribution in [3.63, 3.8) is 0 Å². The maximum atomic E-state index is 13.2. The fourth-order valence-corrected chi connectivity index (χ4v) is 5.00. The van der Waals surface area contributed by atoms with Crippen LogP contribution in [-0.4, -0.2) is 34.7 Å². The second-order valence-electron chi connectivity index (χ2n) is 8.93. The van der Waals surface area contributed by atoms with Crippen molar-refractivity contribution >= 4 is 11.8 Å². The van der Waals surface area contributed by atoms with Crippen molar-refractivity contribution in [1.29, 1.82) is 0 Å². The number of carbonyl (C=O) groups is 2. The zero-order chi connectivity index (χ0) is 21.9. The van der Waals surface area contributed by atoms with Gasteiger partial charge in [-0.15, -0.1) is 0 Å². The largest absolute Gasteiger partial charge is 0.454 e. The van der Waals surface area contributed by atoms with Crippen LogP contribution in [0.1, 0.15) is 73.2 Å². The lowest BCUT2D eigenvalue weighted by atomic mass is 10.0. The van der Waals surface area contributed by atoms with E-state index in [1.165, 1.54) is 0 Å². The highest BCUT2D eigenvalue weighted by Crippen LogP contribution is 2.33. The van der Waals surface area contributed by atoms with Crippen molar-refractivity contribution in [1.82, 2.24) is 15.4 Å². The van der Waals surface area contributed by atoms with Crippen molar-refractivity contribution in [3.05, 3.63) is 41.3 Å². The molecule has 1 aliphatic heterocycles. The molecule has 0 atom stereocenters. The van der Waals surface area contributed by atoms with Crippen LogP contribution in [0.3, 0.4) is 0 Å². The van der Waals surface area contributed by atoms with Crippen molar-refractivity contribution in [3.8, 4) is 11.5 Å². The first kappa shape index (κ1) is 20.8. The lowest BCUT2D eigenvalue weighted by molar-refractivity contribution is -0.138. The molecule has 8 nitrogen and oxygen atoms in total. The zero-order valence-electron chi connectivity index (χ0n) is 18.2. The molecule has 1 aromatic carbocycles. The number of nitrogens with zero attached hydrogens (tertiary/aromatic N) is 2. The number of carbonyl (C=O) groups excluding carboxylic acids is 2. The van der Waals surface area contributed by atoms with Crippen molar-refractivity contribution in [2.45, 2.75) is 70.5 Å². The molecule has 170 valence electrons. The highest BCUT2D eigenvalue weighted by molar-refractivity contribution is 5.92. The van der Waals surface area contributed by atoms with Crippen LogP contribution < -0.4 is 14.8 Å². The van der Waals surface area contributed by atoms with E-state index in [4.69, 9.17) is 14.0 Å². The number of ether oxygens (including phenoxy) is 2. The van der Waals surface area contributed by atoms with Gasteiger partial charge in [0.1, 0.15) is 0 Å². The van der Waals surface area contributed by atoms with Gasteiger partial charge in [0.15, 0.2) is 23.0 Å². The minimum Gasteiger partial charge on any atom is -0.454 e. The zero-order valence-corrected chi connectivity index (χ0v) is 18.2. The van der Waals surface area contributed by atoms with Crippen molar-refractivity contribution in [2.24, 2.45) is 5.92 Å². The van der Waals surface area contributed by atoms with Gasteiger partial charge in [-0.25, -0.2) is 0 Å². The van der Waals surface area contributed by atoms with E-state index in [1.54, 1.807) is 6.07 Å². The van der Waals surface area contributed by atoms with Gasteiger partial charge in [-0.3, -0.25) is 9.59 Å². The van der Waals surface area contributed by atoms with Crippen LogP contribution in [0, 0.1) is 5.92 Å². The summed E-state index contributed by atoms with van der Waals surface area (Å²) in [6.45, 7) is 0.933. The number of amides is 2. The molecule has 0 radical (unpaired) electrons. The Morgan fingerprint density at radius 1 is 1.00 bits per heavy atom. The number of fused-ring (bicyclic) bond motifs is 1. The van der Waals surface area contributed by atoms with E-state index < -0.39 is 0 Å². The van der Waals surface area contributed by atoms with Crippen LogP contribution in [-0.2, 0) is 17.9 Å². The Hall–Kier alpha value is -3.03. The van der Waals surface area contributed by atoms with Gasteiger partial charge in [-0.1, -0.05) is 36.9 Å². The van der Waals surface area contributed by atoms with Crippen LogP contribution in [0.25, 0.3) is 0 Å². The molecular weight excluding hydrogens is 410 g/mol. The molecule has 0 saturated heterocycles. The summed E-state index contributed by atoms with van der Waals surface area (Å²) in [5.41, 5.74) is 1.13. The summed E-state index contributed by atoms with van der Waals surface area (Å²) in [5, 5.41) is 6.81. The predicted molar refractivity (Wildman–Crippen MR) is 115 cm³/mol. The number of aromatic nitrogens is 1. The number of hydrogen-bond donors (Lipinski definition) is 1. The molecule has 2 aliphatic carbocycles. The van der Waals surface area contributed by atoms with Crippen LogP contribution in [0.15, 0.2) is 28.8 Å². The lowest BCUT2D eigenvalue weighted by Gasteiger charge is -2.30. The molecule has 0 bridgehead atoms. The summed E-state index contributed by atoms with van der Waals surface area (Å²) >= 11 is 0. The Morgan fingerprint density at radius 2 is 1.75 bits per heavy atom. The third-order valence-corrected chi connectivity index (χ3v) is 6.76. The van der Waals surface area contributed by atoms with E-state index in [1.807, 2.05) is 23.1 Å². The van der Waals surface area contributed by atoms with Gasteiger partial charge in [0.05, 0.1) is 6.54 Å². The summed E-state index contributed by atoms with van der Waals surface area (Å²) in [4.78, 5) is 27.7. The first-order valence-electron chi connectivity index (χ1n) is 11.6. The molecule has 3 aliphatic rings. The quantitative estimate of drug-likeness (QED) is 0.705. The van der Waals surface area contributed by atoms with Gasteiger partial charge in [0, 0.05) is 24.6 Å². The first-order chi connectivity index (χ1) is 15.7. The van der Waals surface area contributed by atoms with Gasteiger partial charge < -0.3 is 24.2 Å². The summed E-state index contributed by atoms with van der Waals surface area (Å²) in [5.74, 6) is 1.99. The maximum absolute atomic E-state index is 13.2. The second kappa shape index (κ2) is 9.22.